The number of carbonyl (C=O) groups excluding carboxylic acids is 1. The molecule has 0 N–H and O–H groups in total. The Bertz CT molecular complexity index is 671. The second kappa shape index (κ2) is 5.77. The van der Waals surface area contributed by atoms with E-state index in [9.17, 15) is 4.79 Å². The van der Waals surface area contributed by atoms with Gasteiger partial charge in [0.25, 0.3) is 5.91 Å². The molecule has 2 heterocycles. The van der Waals surface area contributed by atoms with Gasteiger partial charge in [0.2, 0.25) is 5.88 Å². The molecule has 0 radical (unpaired) electrons. The summed E-state index contributed by atoms with van der Waals surface area (Å²) in [6, 6.07) is 12.6. The van der Waals surface area contributed by atoms with Crippen LogP contribution in [0.5, 0.6) is 11.6 Å². The van der Waals surface area contributed by atoms with Gasteiger partial charge in [-0.1, -0.05) is 12.1 Å². The number of amides is 1. The highest BCUT2D eigenvalue weighted by Crippen LogP contribution is 2.26. The summed E-state index contributed by atoms with van der Waals surface area (Å²) in [5.74, 6) is 1.02. The molecule has 0 spiro atoms. The van der Waals surface area contributed by atoms with Crippen LogP contribution >= 0.6 is 0 Å². The smallest absolute Gasteiger partial charge is 0.256 e. The molecule has 0 aliphatic carbocycles. The van der Waals surface area contributed by atoms with Crippen LogP contribution in [0.15, 0.2) is 48.7 Å². The molecule has 5 nitrogen and oxygen atoms in total. The number of nitrogens with zero attached hydrogens (tertiary/aromatic N) is 2. The van der Waals surface area contributed by atoms with E-state index in [0.717, 1.165) is 0 Å². The van der Waals surface area contributed by atoms with Gasteiger partial charge in [0.1, 0.15) is 12.5 Å². The molecule has 5 heteroatoms. The normalized spacial score (nSPS) is 16.5. The number of hydrogen-bond donors (Lipinski definition) is 0. The van der Waals surface area contributed by atoms with Gasteiger partial charge in [-0.25, -0.2) is 4.98 Å². The largest absolute Gasteiger partial charge is 0.439 e. The average Bonchev–Trinajstić information content (AvgIpc) is 2.87. The zero-order chi connectivity index (χ0) is 15.6. The summed E-state index contributed by atoms with van der Waals surface area (Å²) >= 11 is 0. The van der Waals surface area contributed by atoms with Gasteiger partial charge in [0.05, 0.1) is 12.1 Å². The lowest BCUT2D eigenvalue weighted by molar-refractivity contribution is 0.0605. The van der Waals surface area contributed by atoms with E-state index in [1.165, 1.54) is 0 Å². The number of pyridine rings is 1. The van der Waals surface area contributed by atoms with Crippen LogP contribution in [0.1, 0.15) is 24.2 Å². The number of carbonyl (C=O) groups is 1. The SMILES string of the molecule is CC1(C)COCN1C(=O)c1cccc(Oc2ccccn2)c1. The van der Waals surface area contributed by atoms with Crippen molar-refractivity contribution in [1.82, 2.24) is 9.88 Å². The molecule has 1 aromatic heterocycles. The highest BCUT2D eigenvalue weighted by atomic mass is 16.5. The van der Waals surface area contributed by atoms with E-state index in [-0.39, 0.29) is 11.4 Å². The van der Waals surface area contributed by atoms with Gasteiger partial charge < -0.3 is 14.4 Å². The van der Waals surface area contributed by atoms with Gasteiger partial charge >= 0.3 is 0 Å². The van der Waals surface area contributed by atoms with Crippen molar-refractivity contribution in [3.8, 4) is 11.6 Å². The maximum Gasteiger partial charge on any atom is 0.256 e. The molecule has 1 aliphatic rings. The highest BCUT2D eigenvalue weighted by Gasteiger charge is 2.36. The molecular formula is C17H18N2O3. The Morgan fingerprint density at radius 1 is 1.27 bits per heavy atom. The fourth-order valence-electron chi connectivity index (χ4n) is 2.35. The van der Waals surface area contributed by atoms with Gasteiger partial charge in [-0.2, -0.15) is 0 Å². The summed E-state index contributed by atoms with van der Waals surface area (Å²) in [5.41, 5.74) is 0.279. The van der Waals surface area contributed by atoms with Crippen molar-refractivity contribution in [3.05, 3.63) is 54.2 Å². The quantitative estimate of drug-likeness (QED) is 0.874. The van der Waals surface area contributed by atoms with Crippen molar-refractivity contribution in [2.45, 2.75) is 19.4 Å². The summed E-state index contributed by atoms with van der Waals surface area (Å²) in [6.07, 6.45) is 1.66. The van der Waals surface area contributed by atoms with Crippen molar-refractivity contribution in [3.63, 3.8) is 0 Å². The molecule has 0 unspecified atom stereocenters. The van der Waals surface area contributed by atoms with Crippen molar-refractivity contribution in [2.75, 3.05) is 13.3 Å². The minimum atomic E-state index is -0.297. The Morgan fingerprint density at radius 2 is 2.14 bits per heavy atom. The molecule has 114 valence electrons. The zero-order valence-corrected chi connectivity index (χ0v) is 12.7. The number of aromatic nitrogens is 1. The third-order valence-corrected chi connectivity index (χ3v) is 3.59. The molecule has 1 fully saturated rings. The van der Waals surface area contributed by atoms with E-state index in [4.69, 9.17) is 9.47 Å². The van der Waals surface area contributed by atoms with E-state index in [1.54, 1.807) is 41.4 Å². The molecule has 1 amide bonds. The van der Waals surface area contributed by atoms with Gasteiger partial charge in [-0.15, -0.1) is 0 Å². The summed E-state index contributed by atoms with van der Waals surface area (Å²) < 4.78 is 11.1. The van der Waals surface area contributed by atoms with Gasteiger partial charge in [-0.3, -0.25) is 4.79 Å². The third-order valence-electron chi connectivity index (χ3n) is 3.59. The van der Waals surface area contributed by atoms with Crippen LogP contribution in [0.2, 0.25) is 0 Å². The molecule has 22 heavy (non-hydrogen) atoms. The minimum absolute atomic E-state index is 0.0611. The molecular weight excluding hydrogens is 280 g/mol. The summed E-state index contributed by atoms with van der Waals surface area (Å²) in [5, 5.41) is 0. The summed E-state index contributed by atoms with van der Waals surface area (Å²) in [4.78, 5) is 18.5. The molecule has 0 bridgehead atoms. The first-order valence-electron chi connectivity index (χ1n) is 7.15. The fraction of sp³-hybridized carbons (Fsp3) is 0.294. The monoisotopic (exact) mass is 298 g/mol. The Morgan fingerprint density at radius 3 is 2.82 bits per heavy atom. The van der Waals surface area contributed by atoms with Crippen LogP contribution < -0.4 is 4.74 Å². The standard InChI is InChI=1S/C17H18N2O3/c1-17(2)11-21-12-19(17)16(20)13-6-5-7-14(10-13)22-15-8-3-4-9-18-15/h3-10H,11-12H2,1-2H3. The molecule has 1 aliphatic heterocycles. The third kappa shape index (κ3) is 2.94. The number of ether oxygens (including phenoxy) is 2. The topological polar surface area (TPSA) is 51.7 Å². The molecule has 0 atom stereocenters. The highest BCUT2D eigenvalue weighted by molar-refractivity contribution is 5.95. The average molecular weight is 298 g/mol. The first kappa shape index (κ1) is 14.5. The van der Waals surface area contributed by atoms with Crippen molar-refractivity contribution < 1.29 is 14.3 Å². The number of rotatable bonds is 3. The van der Waals surface area contributed by atoms with Crippen LogP contribution in [-0.2, 0) is 4.74 Å². The van der Waals surface area contributed by atoms with E-state index >= 15 is 0 Å². The summed E-state index contributed by atoms with van der Waals surface area (Å²) in [7, 11) is 0. The summed E-state index contributed by atoms with van der Waals surface area (Å²) in [6.45, 7) is 4.85. The lowest BCUT2D eigenvalue weighted by atomic mass is 10.0. The Kier molecular flexibility index (Phi) is 3.81. The van der Waals surface area contributed by atoms with E-state index < -0.39 is 0 Å². The maximum atomic E-state index is 12.6. The van der Waals surface area contributed by atoms with Crippen LogP contribution in [-0.4, -0.2) is 34.7 Å². The maximum absolute atomic E-state index is 12.6. The van der Waals surface area contributed by atoms with Crippen molar-refractivity contribution in [2.24, 2.45) is 0 Å². The van der Waals surface area contributed by atoms with Gasteiger partial charge in [0, 0.05) is 17.8 Å². The van der Waals surface area contributed by atoms with Gasteiger partial charge in [-0.05, 0) is 38.1 Å². The second-order valence-electron chi connectivity index (χ2n) is 5.82. The molecule has 0 saturated carbocycles. The Balaban J connectivity index is 1.81. The van der Waals surface area contributed by atoms with Crippen molar-refractivity contribution >= 4 is 5.91 Å². The number of benzene rings is 1. The predicted molar refractivity (Wildman–Crippen MR) is 81.8 cm³/mol. The molecule has 1 aromatic carbocycles. The predicted octanol–water partition coefficient (Wildman–Crippen LogP) is 3.08. The molecule has 1 saturated heterocycles. The first-order chi connectivity index (χ1) is 10.6. The molecule has 3 rings (SSSR count). The number of hydrogen-bond acceptors (Lipinski definition) is 4. The first-order valence-corrected chi connectivity index (χ1v) is 7.15. The van der Waals surface area contributed by atoms with Crippen LogP contribution in [0.3, 0.4) is 0 Å². The minimum Gasteiger partial charge on any atom is -0.439 e. The fourth-order valence-corrected chi connectivity index (χ4v) is 2.35. The molecule has 2 aromatic rings. The van der Waals surface area contributed by atoms with E-state index in [2.05, 4.69) is 4.98 Å². The van der Waals surface area contributed by atoms with Gasteiger partial charge in [0.15, 0.2) is 0 Å². The second-order valence-corrected chi connectivity index (χ2v) is 5.82. The zero-order valence-electron chi connectivity index (χ0n) is 12.7. The van der Waals surface area contributed by atoms with Crippen LogP contribution in [0, 0.1) is 0 Å². The lowest BCUT2D eigenvalue weighted by Gasteiger charge is -2.29. The van der Waals surface area contributed by atoms with Crippen LogP contribution in [0.25, 0.3) is 0 Å². The lowest BCUT2D eigenvalue weighted by Crippen LogP contribution is -2.44. The van der Waals surface area contributed by atoms with Crippen LogP contribution in [0.4, 0.5) is 0 Å². The Labute approximate surface area is 129 Å². The Hall–Kier alpha value is -2.40. The van der Waals surface area contributed by atoms with E-state index in [0.29, 0.717) is 30.5 Å². The van der Waals surface area contributed by atoms with E-state index in [1.807, 2.05) is 26.0 Å². The van der Waals surface area contributed by atoms with Crippen molar-refractivity contribution in [1.29, 1.82) is 0 Å².